The molecule has 0 spiro atoms. The second-order valence-electron chi connectivity index (χ2n) is 5.50. The van der Waals surface area contributed by atoms with Crippen molar-refractivity contribution in [2.75, 3.05) is 45.6 Å². The van der Waals surface area contributed by atoms with Crippen molar-refractivity contribution < 1.29 is 14.3 Å². The summed E-state index contributed by atoms with van der Waals surface area (Å²) in [7, 11) is 3.86. The normalized spacial score (nSPS) is 14.5. The van der Waals surface area contributed by atoms with Gasteiger partial charge in [0.15, 0.2) is 0 Å². The van der Waals surface area contributed by atoms with Gasteiger partial charge in [-0.2, -0.15) is 0 Å². The van der Waals surface area contributed by atoms with E-state index in [2.05, 4.69) is 17.3 Å². The number of hydrogen-bond acceptors (Lipinski definition) is 5. The third-order valence-corrected chi connectivity index (χ3v) is 3.85. The van der Waals surface area contributed by atoms with Crippen molar-refractivity contribution in [3.63, 3.8) is 0 Å². The van der Waals surface area contributed by atoms with E-state index < -0.39 is 0 Å². The molecule has 0 saturated carbocycles. The molecule has 1 aromatic rings. The standard InChI is InChI=1S/C16H23N3O3.C2H6/c1-12(20)22-11-13-4-5-14(17-2)10-15(13)16(21)19-8-6-18(3)7-9-19;1-2/h4-5,10,17H,6-9,11H2,1-3H3;1-2H3. The molecule has 1 fully saturated rings. The average Bonchev–Trinajstić information content (AvgIpc) is 2.61. The number of esters is 1. The smallest absolute Gasteiger partial charge is 0.302 e. The zero-order valence-electron chi connectivity index (χ0n) is 15.4. The van der Waals surface area contributed by atoms with E-state index in [0.717, 1.165) is 24.3 Å². The highest BCUT2D eigenvalue weighted by atomic mass is 16.5. The van der Waals surface area contributed by atoms with Gasteiger partial charge < -0.3 is 19.9 Å². The highest BCUT2D eigenvalue weighted by Crippen LogP contribution is 2.19. The number of rotatable bonds is 4. The lowest BCUT2D eigenvalue weighted by Crippen LogP contribution is -2.47. The van der Waals surface area contributed by atoms with E-state index in [1.165, 1.54) is 6.92 Å². The van der Waals surface area contributed by atoms with Crippen LogP contribution in [0.2, 0.25) is 0 Å². The maximum atomic E-state index is 12.8. The third kappa shape index (κ3) is 5.53. The van der Waals surface area contributed by atoms with E-state index in [9.17, 15) is 9.59 Å². The molecule has 1 heterocycles. The summed E-state index contributed by atoms with van der Waals surface area (Å²) < 4.78 is 5.06. The number of hydrogen-bond donors (Lipinski definition) is 1. The first kappa shape index (κ1) is 20.0. The second-order valence-corrected chi connectivity index (χ2v) is 5.50. The van der Waals surface area contributed by atoms with Crippen molar-refractivity contribution >= 4 is 17.6 Å². The fraction of sp³-hybridized carbons (Fsp3) is 0.556. The van der Waals surface area contributed by atoms with Gasteiger partial charge in [0.25, 0.3) is 5.91 Å². The van der Waals surface area contributed by atoms with Crippen LogP contribution in [-0.2, 0) is 16.1 Å². The van der Waals surface area contributed by atoms with E-state index in [1.54, 1.807) is 0 Å². The minimum atomic E-state index is -0.351. The average molecular weight is 335 g/mol. The molecule has 0 atom stereocenters. The number of likely N-dealkylation sites (N-methyl/N-ethyl adjacent to an activating group) is 1. The zero-order chi connectivity index (χ0) is 18.1. The van der Waals surface area contributed by atoms with Crippen LogP contribution >= 0.6 is 0 Å². The molecule has 1 aromatic carbocycles. The number of benzene rings is 1. The number of nitrogens with one attached hydrogen (secondary N) is 1. The van der Waals surface area contributed by atoms with Gasteiger partial charge >= 0.3 is 5.97 Å². The van der Waals surface area contributed by atoms with Crippen molar-refractivity contribution in [1.82, 2.24) is 9.80 Å². The molecule has 24 heavy (non-hydrogen) atoms. The van der Waals surface area contributed by atoms with Crippen molar-refractivity contribution in [3.05, 3.63) is 29.3 Å². The van der Waals surface area contributed by atoms with Crippen LogP contribution in [0.4, 0.5) is 5.69 Å². The molecular formula is C18H29N3O3. The predicted octanol–water partition coefficient (Wildman–Crippen LogP) is 2.21. The van der Waals surface area contributed by atoms with Gasteiger partial charge in [0.1, 0.15) is 6.61 Å². The van der Waals surface area contributed by atoms with Crippen LogP contribution in [0.1, 0.15) is 36.7 Å². The topological polar surface area (TPSA) is 61.9 Å². The minimum absolute atomic E-state index is 0.00708. The fourth-order valence-electron chi connectivity index (χ4n) is 2.42. The van der Waals surface area contributed by atoms with Gasteiger partial charge in [-0.05, 0) is 19.2 Å². The molecule has 0 unspecified atom stereocenters. The summed E-state index contributed by atoms with van der Waals surface area (Å²) in [5.74, 6) is -0.358. The number of piperazine rings is 1. The Kier molecular flexibility index (Phi) is 8.26. The SMILES string of the molecule is CC.CNc1ccc(COC(C)=O)c(C(=O)N2CCN(C)CC2)c1. The summed E-state index contributed by atoms with van der Waals surface area (Å²) >= 11 is 0. The molecule has 1 aliphatic rings. The van der Waals surface area contributed by atoms with E-state index in [1.807, 2.05) is 44.0 Å². The van der Waals surface area contributed by atoms with Gasteiger partial charge in [-0.1, -0.05) is 19.9 Å². The quantitative estimate of drug-likeness (QED) is 0.855. The Morgan fingerprint density at radius 2 is 1.79 bits per heavy atom. The summed E-state index contributed by atoms with van der Waals surface area (Å²) in [6, 6.07) is 5.52. The highest BCUT2D eigenvalue weighted by molar-refractivity contribution is 5.96. The van der Waals surface area contributed by atoms with E-state index >= 15 is 0 Å². The zero-order valence-corrected chi connectivity index (χ0v) is 15.4. The molecule has 6 nitrogen and oxygen atoms in total. The first-order valence-corrected chi connectivity index (χ1v) is 8.43. The Balaban J connectivity index is 0.00000139. The number of carbonyl (C=O) groups excluding carboxylic acids is 2. The van der Waals surface area contributed by atoms with Crippen molar-refractivity contribution in [3.8, 4) is 0 Å². The van der Waals surface area contributed by atoms with Crippen LogP contribution in [0.3, 0.4) is 0 Å². The van der Waals surface area contributed by atoms with Gasteiger partial charge in [0, 0.05) is 57.0 Å². The first-order valence-electron chi connectivity index (χ1n) is 8.43. The summed E-state index contributed by atoms with van der Waals surface area (Å²) in [4.78, 5) is 27.9. The lowest BCUT2D eigenvalue weighted by atomic mass is 10.0. The van der Waals surface area contributed by atoms with Crippen LogP contribution in [-0.4, -0.2) is 62.0 Å². The van der Waals surface area contributed by atoms with Crippen LogP contribution in [0.25, 0.3) is 0 Å². The molecule has 1 N–H and O–H groups in total. The Bertz CT molecular complexity index is 552. The Morgan fingerprint density at radius 3 is 2.33 bits per heavy atom. The lowest BCUT2D eigenvalue weighted by Gasteiger charge is -2.33. The summed E-state index contributed by atoms with van der Waals surface area (Å²) in [6.45, 7) is 8.66. The summed E-state index contributed by atoms with van der Waals surface area (Å²) in [5, 5.41) is 3.04. The van der Waals surface area contributed by atoms with Crippen molar-refractivity contribution in [2.45, 2.75) is 27.4 Å². The number of anilines is 1. The van der Waals surface area contributed by atoms with Gasteiger partial charge in [-0.15, -0.1) is 0 Å². The fourth-order valence-corrected chi connectivity index (χ4v) is 2.42. The van der Waals surface area contributed by atoms with Crippen LogP contribution < -0.4 is 5.32 Å². The number of nitrogens with zero attached hydrogens (tertiary/aromatic N) is 2. The third-order valence-electron chi connectivity index (χ3n) is 3.85. The van der Waals surface area contributed by atoms with E-state index in [0.29, 0.717) is 18.7 Å². The van der Waals surface area contributed by atoms with Crippen LogP contribution in [0.5, 0.6) is 0 Å². The van der Waals surface area contributed by atoms with Gasteiger partial charge in [-0.3, -0.25) is 9.59 Å². The van der Waals surface area contributed by atoms with Crippen LogP contribution in [0, 0.1) is 0 Å². The molecule has 1 amide bonds. The predicted molar refractivity (Wildman–Crippen MR) is 96.2 cm³/mol. The molecule has 134 valence electrons. The Morgan fingerprint density at radius 1 is 1.17 bits per heavy atom. The number of ether oxygens (including phenoxy) is 1. The van der Waals surface area contributed by atoms with E-state index in [4.69, 9.17) is 4.74 Å². The summed E-state index contributed by atoms with van der Waals surface area (Å²) in [6.07, 6.45) is 0. The van der Waals surface area contributed by atoms with Crippen molar-refractivity contribution in [1.29, 1.82) is 0 Å². The molecule has 0 aliphatic carbocycles. The highest BCUT2D eigenvalue weighted by Gasteiger charge is 2.23. The van der Waals surface area contributed by atoms with Crippen molar-refractivity contribution in [2.24, 2.45) is 0 Å². The number of amides is 1. The van der Waals surface area contributed by atoms with Gasteiger partial charge in [0.2, 0.25) is 0 Å². The molecular weight excluding hydrogens is 306 g/mol. The van der Waals surface area contributed by atoms with Gasteiger partial charge in [-0.25, -0.2) is 0 Å². The molecule has 0 radical (unpaired) electrons. The monoisotopic (exact) mass is 335 g/mol. The molecule has 0 aromatic heterocycles. The molecule has 1 aliphatic heterocycles. The number of carbonyl (C=O) groups is 2. The largest absolute Gasteiger partial charge is 0.461 e. The Hall–Kier alpha value is -2.08. The first-order chi connectivity index (χ1) is 11.5. The van der Waals surface area contributed by atoms with Crippen LogP contribution in [0.15, 0.2) is 18.2 Å². The molecule has 6 heteroatoms. The lowest BCUT2D eigenvalue weighted by molar-refractivity contribution is -0.142. The molecule has 0 bridgehead atoms. The molecule has 1 saturated heterocycles. The maximum Gasteiger partial charge on any atom is 0.302 e. The van der Waals surface area contributed by atoms with Gasteiger partial charge in [0.05, 0.1) is 0 Å². The maximum absolute atomic E-state index is 12.8. The second kappa shape index (κ2) is 9.93. The molecule has 2 rings (SSSR count). The Labute approximate surface area is 144 Å². The van der Waals surface area contributed by atoms with E-state index in [-0.39, 0.29) is 18.5 Å². The minimum Gasteiger partial charge on any atom is -0.461 e. The summed E-state index contributed by atoms with van der Waals surface area (Å²) in [5.41, 5.74) is 2.19.